The number of carbonyl (C=O) groups excluding carboxylic acids is 2. The van der Waals surface area contributed by atoms with E-state index >= 15 is 0 Å². The van der Waals surface area contributed by atoms with Crippen LogP contribution in [-0.2, 0) is 9.53 Å². The summed E-state index contributed by atoms with van der Waals surface area (Å²) in [6.45, 7) is 0.694. The van der Waals surface area contributed by atoms with Gasteiger partial charge in [-0.1, -0.05) is 11.6 Å². The van der Waals surface area contributed by atoms with Crippen LogP contribution in [0.2, 0.25) is 5.02 Å². The fraction of sp³-hybridized carbons (Fsp3) is 0.364. The molecule has 2 amide bonds. The van der Waals surface area contributed by atoms with Gasteiger partial charge in [0.25, 0.3) is 5.91 Å². The lowest BCUT2D eigenvalue weighted by atomic mass is 9.31. The van der Waals surface area contributed by atoms with E-state index in [4.69, 9.17) is 16.3 Å². The summed E-state index contributed by atoms with van der Waals surface area (Å²) < 4.78 is 31.9. The van der Waals surface area contributed by atoms with Crippen LogP contribution >= 0.6 is 11.6 Å². The normalized spacial score (nSPS) is 27.8. The molecule has 1 aliphatic heterocycles. The van der Waals surface area contributed by atoms with Gasteiger partial charge < -0.3 is 15.4 Å². The Bertz CT molecular complexity index is 1030. The fourth-order valence-electron chi connectivity index (χ4n) is 5.15. The van der Waals surface area contributed by atoms with E-state index in [0.717, 1.165) is 12.1 Å². The molecule has 6 rings (SSSR count). The number of rotatable bonds is 5. The lowest BCUT2D eigenvalue weighted by Gasteiger charge is -2.77. The zero-order chi connectivity index (χ0) is 21.1. The van der Waals surface area contributed by atoms with E-state index in [2.05, 4.69) is 10.6 Å². The first-order chi connectivity index (χ1) is 14.3. The van der Waals surface area contributed by atoms with Crippen LogP contribution in [0.5, 0.6) is 0 Å². The highest BCUT2D eigenvalue weighted by atomic mass is 35.5. The Morgan fingerprint density at radius 2 is 1.63 bits per heavy atom. The lowest BCUT2D eigenvalue weighted by molar-refractivity contribution is -0.286. The van der Waals surface area contributed by atoms with Gasteiger partial charge in [-0.15, -0.1) is 0 Å². The van der Waals surface area contributed by atoms with Gasteiger partial charge in [0.2, 0.25) is 5.91 Å². The number of nitrogens with one attached hydrogen (secondary N) is 2. The molecule has 8 heteroatoms. The van der Waals surface area contributed by atoms with Crippen LogP contribution in [0.3, 0.4) is 0 Å². The van der Waals surface area contributed by atoms with Crippen molar-refractivity contribution in [1.29, 1.82) is 0 Å². The van der Waals surface area contributed by atoms with Crippen molar-refractivity contribution in [1.82, 2.24) is 5.32 Å². The monoisotopic (exact) mass is 432 g/mol. The van der Waals surface area contributed by atoms with Gasteiger partial charge in [0.1, 0.15) is 5.41 Å². The summed E-state index contributed by atoms with van der Waals surface area (Å²) in [5.41, 5.74) is -0.492. The van der Waals surface area contributed by atoms with Crippen LogP contribution in [-0.4, -0.2) is 30.6 Å². The standard InChI is InChI=1S/C22H19ClF2N2O3/c23-14-2-4-15(5-3-14)26-19(29)22(11-30-12-22)20-8-21(9-20,10-20)27-18(28)13-1-6-16(24)17(25)7-13/h1-7H,8-12H2,(H,26,29)(H,27,28). The molecule has 2 aromatic carbocycles. The first kappa shape index (κ1) is 19.5. The topological polar surface area (TPSA) is 67.4 Å². The van der Waals surface area contributed by atoms with Crippen molar-refractivity contribution < 1.29 is 23.1 Å². The number of hydrogen-bond donors (Lipinski definition) is 2. The Morgan fingerprint density at radius 1 is 0.967 bits per heavy atom. The molecule has 1 heterocycles. The molecule has 2 aromatic rings. The summed E-state index contributed by atoms with van der Waals surface area (Å²) in [6, 6.07) is 10.0. The zero-order valence-electron chi connectivity index (χ0n) is 15.9. The summed E-state index contributed by atoms with van der Waals surface area (Å²) in [5, 5.41) is 6.50. The minimum Gasteiger partial charge on any atom is -0.379 e. The van der Waals surface area contributed by atoms with Crippen molar-refractivity contribution in [2.24, 2.45) is 10.8 Å². The minimum absolute atomic E-state index is 0.0786. The van der Waals surface area contributed by atoms with Crippen molar-refractivity contribution in [2.45, 2.75) is 24.8 Å². The van der Waals surface area contributed by atoms with Crippen LogP contribution in [0.4, 0.5) is 14.5 Å². The SMILES string of the molecule is O=C(NC12CC(C3(C(=O)Nc4ccc(Cl)cc4)COC3)(C1)C2)c1ccc(F)c(F)c1. The zero-order valence-corrected chi connectivity index (χ0v) is 16.7. The average Bonchev–Trinajstić information content (AvgIpc) is 2.61. The van der Waals surface area contributed by atoms with Crippen molar-refractivity contribution >= 4 is 29.1 Å². The molecule has 5 nitrogen and oxygen atoms in total. The van der Waals surface area contributed by atoms with Gasteiger partial charge in [0, 0.05) is 21.8 Å². The van der Waals surface area contributed by atoms with Gasteiger partial charge in [-0.3, -0.25) is 9.59 Å². The highest BCUT2D eigenvalue weighted by molar-refractivity contribution is 6.30. The summed E-state index contributed by atoms with van der Waals surface area (Å²) in [7, 11) is 0. The predicted molar refractivity (Wildman–Crippen MR) is 106 cm³/mol. The summed E-state index contributed by atoms with van der Waals surface area (Å²) >= 11 is 5.90. The van der Waals surface area contributed by atoms with Crippen molar-refractivity contribution in [3.8, 4) is 0 Å². The second-order valence-electron chi connectivity index (χ2n) is 8.71. The number of halogens is 3. The molecule has 0 spiro atoms. The van der Waals surface area contributed by atoms with Crippen LogP contribution in [0, 0.1) is 22.5 Å². The number of benzene rings is 2. The second-order valence-corrected chi connectivity index (χ2v) is 9.15. The average molecular weight is 433 g/mol. The maximum Gasteiger partial charge on any atom is 0.251 e. The van der Waals surface area contributed by atoms with Crippen LogP contribution in [0.15, 0.2) is 42.5 Å². The molecule has 3 saturated carbocycles. The third-order valence-electron chi connectivity index (χ3n) is 6.84. The highest BCUT2D eigenvalue weighted by Crippen LogP contribution is 2.75. The highest BCUT2D eigenvalue weighted by Gasteiger charge is 2.79. The Labute approximate surface area is 176 Å². The largest absolute Gasteiger partial charge is 0.379 e. The van der Waals surface area contributed by atoms with Crippen LogP contribution in [0.1, 0.15) is 29.6 Å². The van der Waals surface area contributed by atoms with Gasteiger partial charge >= 0.3 is 0 Å². The first-order valence-electron chi connectivity index (χ1n) is 9.69. The van der Waals surface area contributed by atoms with Crippen molar-refractivity contribution in [3.63, 3.8) is 0 Å². The van der Waals surface area contributed by atoms with E-state index in [9.17, 15) is 18.4 Å². The molecule has 156 valence electrons. The van der Waals surface area contributed by atoms with E-state index in [1.165, 1.54) is 6.07 Å². The maximum atomic E-state index is 13.4. The Hall–Kier alpha value is -2.51. The number of anilines is 1. The Kier molecular flexibility index (Phi) is 4.21. The molecule has 0 radical (unpaired) electrons. The van der Waals surface area contributed by atoms with Crippen LogP contribution in [0.25, 0.3) is 0 Å². The van der Waals surface area contributed by atoms with Gasteiger partial charge in [0.05, 0.1) is 13.2 Å². The molecule has 30 heavy (non-hydrogen) atoms. The molecule has 2 N–H and O–H groups in total. The number of ether oxygens (including phenoxy) is 1. The number of amides is 2. The molecule has 0 atom stereocenters. The molecule has 4 fully saturated rings. The molecular formula is C22H19ClF2N2O3. The van der Waals surface area contributed by atoms with E-state index in [1.54, 1.807) is 24.3 Å². The van der Waals surface area contributed by atoms with E-state index in [0.29, 0.717) is 43.2 Å². The maximum absolute atomic E-state index is 13.4. The Morgan fingerprint density at radius 3 is 2.20 bits per heavy atom. The summed E-state index contributed by atoms with van der Waals surface area (Å²) in [6.07, 6.45) is 1.98. The fourth-order valence-corrected chi connectivity index (χ4v) is 5.27. The third kappa shape index (κ3) is 2.76. The quantitative estimate of drug-likeness (QED) is 0.752. The first-order valence-corrected chi connectivity index (χ1v) is 10.1. The smallest absolute Gasteiger partial charge is 0.251 e. The van der Waals surface area contributed by atoms with Gasteiger partial charge in [0.15, 0.2) is 11.6 Å². The molecule has 2 bridgehead atoms. The van der Waals surface area contributed by atoms with Gasteiger partial charge in [-0.2, -0.15) is 0 Å². The second kappa shape index (κ2) is 6.49. The van der Waals surface area contributed by atoms with Crippen LogP contribution < -0.4 is 10.6 Å². The van der Waals surface area contributed by atoms with Gasteiger partial charge in [-0.25, -0.2) is 8.78 Å². The molecular weight excluding hydrogens is 414 g/mol. The van der Waals surface area contributed by atoms with Gasteiger partial charge in [-0.05, 0) is 67.1 Å². The Balaban J connectivity index is 1.25. The van der Waals surface area contributed by atoms with E-state index in [-0.39, 0.29) is 16.9 Å². The lowest BCUT2D eigenvalue weighted by Crippen LogP contribution is -2.83. The predicted octanol–water partition coefficient (Wildman–Crippen LogP) is 3.93. The van der Waals surface area contributed by atoms with Crippen molar-refractivity contribution in [3.05, 3.63) is 64.7 Å². The minimum atomic E-state index is -1.05. The molecule has 3 aliphatic carbocycles. The number of carbonyl (C=O) groups is 2. The molecule has 4 aliphatic rings. The molecule has 1 saturated heterocycles. The molecule has 0 aromatic heterocycles. The molecule has 0 unspecified atom stereocenters. The van der Waals surface area contributed by atoms with Crippen molar-refractivity contribution in [2.75, 3.05) is 18.5 Å². The summed E-state index contributed by atoms with van der Waals surface area (Å²) in [5.74, 6) is -2.57. The van der Waals surface area contributed by atoms with E-state index in [1.807, 2.05) is 0 Å². The van der Waals surface area contributed by atoms with E-state index < -0.39 is 28.5 Å². The number of hydrogen-bond acceptors (Lipinski definition) is 3. The third-order valence-corrected chi connectivity index (χ3v) is 7.09. The summed E-state index contributed by atoms with van der Waals surface area (Å²) in [4.78, 5) is 25.6.